The highest BCUT2D eigenvalue weighted by molar-refractivity contribution is 6.30. The molecular formula is C27H35Cl2NO. The standard InChI is InChI=1S/C21H30ClNO.C6H5Cl/c1-5-14-21(8-4)15-13-19(16-9-11-17(22)12-10-16)23(20(21)24)18(6-2)7-3;7-6-4-2-1-3-5-6/h5,9-12,18-19H,1,6-8,13-15H2,2-4H3;1-5H. The Kier molecular flexibility index (Phi) is 10.1. The molecule has 1 heterocycles. The average Bonchev–Trinajstić information content (AvgIpc) is 2.79. The molecular weight excluding hydrogens is 425 g/mol. The van der Waals surface area contributed by atoms with Gasteiger partial charge in [0.1, 0.15) is 0 Å². The molecule has 0 aromatic heterocycles. The maximum absolute atomic E-state index is 13.5. The van der Waals surface area contributed by atoms with Crippen molar-refractivity contribution in [2.45, 2.75) is 71.4 Å². The number of piperidine rings is 1. The van der Waals surface area contributed by atoms with Crippen LogP contribution < -0.4 is 0 Å². The average molecular weight is 460 g/mol. The molecule has 2 nitrogen and oxygen atoms in total. The summed E-state index contributed by atoms with van der Waals surface area (Å²) in [6.07, 6.45) is 7.47. The highest BCUT2D eigenvalue weighted by atomic mass is 35.5. The molecule has 2 aromatic carbocycles. The first-order valence-electron chi connectivity index (χ1n) is 11.3. The third-order valence-corrected chi connectivity index (χ3v) is 6.96. The van der Waals surface area contributed by atoms with Crippen molar-refractivity contribution in [1.82, 2.24) is 4.90 Å². The zero-order valence-corrected chi connectivity index (χ0v) is 20.5. The first-order valence-corrected chi connectivity index (χ1v) is 12.1. The largest absolute Gasteiger partial charge is 0.332 e. The highest BCUT2D eigenvalue weighted by Gasteiger charge is 2.47. The summed E-state index contributed by atoms with van der Waals surface area (Å²) in [4.78, 5) is 15.7. The number of hydrogen-bond donors (Lipinski definition) is 0. The Morgan fingerprint density at radius 2 is 1.61 bits per heavy atom. The zero-order valence-electron chi connectivity index (χ0n) is 19.0. The molecule has 2 aromatic rings. The summed E-state index contributed by atoms with van der Waals surface area (Å²) in [6, 6.07) is 17.9. The predicted molar refractivity (Wildman–Crippen MR) is 134 cm³/mol. The number of carbonyl (C=O) groups is 1. The molecule has 1 fully saturated rings. The Balaban J connectivity index is 0.000000412. The molecule has 31 heavy (non-hydrogen) atoms. The van der Waals surface area contributed by atoms with E-state index >= 15 is 0 Å². The second-order valence-electron chi connectivity index (χ2n) is 8.21. The van der Waals surface area contributed by atoms with E-state index in [0.29, 0.717) is 5.91 Å². The normalized spacial score (nSPS) is 20.9. The van der Waals surface area contributed by atoms with Crippen molar-refractivity contribution in [2.75, 3.05) is 0 Å². The van der Waals surface area contributed by atoms with Gasteiger partial charge >= 0.3 is 0 Å². The van der Waals surface area contributed by atoms with Crippen LogP contribution in [0.25, 0.3) is 0 Å². The second kappa shape index (κ2) is 12.3. The number of benzene rings is 2. The van der Waals surface area contributed by atoms with Gasteiger partial charge in [-0.2, -0.15) is 0 Å². The lowest BCUT2D eigenvalue weighted by Crippen LogP contribution is -2.53. The lowest BCUT2D eigenvalue weighted by atomic mass is 9.71. The fourth-order valence-corrected chi connectivity index (χ4v) is 4.81. The Morgan fingerprint density at radius 3 is 2.06 bits per heavy atom. The Labute approximate surface area is 198 Å². The van der Waals surface area contributed by atoms with Crippen LogP contribution in [0, 0.1) is 5.41 Å². The van der Waals surface area contributed by atoms with Gasteiger partial charge in [0.2, 0.25) is 5.91 Å². The van der Waals surface area contributed by atoms with Gasteiger partial charge in [0.05, 0.1) is 11.5 Å². The van der Waals surface area contributed by atoms with Gasteiger partial charge in [-0.05, 0) is 68.4 Å². The van der Waals surface area contributed by atoms with E-state index in [-0.39, 0.29) is 17.5 Å². The molecule has 168 valence electrons. The number of amides is 1. The number of hydrogen-bond acceptors (Lipinski definition) is 1. The summed E-state index contributed by atoms with van der Waals surface area (Å²) in [5.41, 5.74) is 0.927. The molecule has 2 atom stereocenters. The molecule has 0 radical (unpaired) electrons. The van der Waals surface area contributed by atoms with E-state index in [9.17, 15) is 4.79 Å². The van der Waals surface area contributed by atoms with Crippen LogP contribution in [0.2, 0.25) is 10.0 Å². The van der Waals surface area contributed by atoms with Gasteiger partial charge in [0.15, 0.2) is 0 Å². The third-order valence-electron chi connectivity index (χ3n) is 6.46. The molecule has 1 saturated heterocycles. The molecule has 0 N–H and O–H groups in total. The van der Waals surface area contributed by atoms with Crippen molar-refractivity contribution in [1.29, 1.82) is 0 Å². The maximum atomic E-state index is 13.5. The van der Waals surface area contributed by atoms with Crippen molar-refractivity contribution in [2.24, 2.45) is 5.41 Å². The summed E-state index contributed by atoms with van der Waals surface area (Å²) in [6.45, 7) is 10.4. The highest BCUT2D eigenvalue weighted by Crippen LogP contribution is 2.46. The lowest BCUT2D eigenvalue weighted by molar-refractivity contribution is -0.154. The molecule has 0 bridgehead atoms. The van der Waals surface area contributed by atoms with Gasteiger partial charge in [0.25, 0.3) is 0 Å². The van der Waals surface area contributed by atoms with Gasteiger partial charge in [-0.15, -0.1) is 6.58 Å². The van der Waals surface area contributed by atoms with Crippen molar-refractivity contribution < 1.29 is 4.79 Å². The fraction of sp³-hybridized carbons (Fsp3) is 0.444. The fourth-order valence-electron chi connectivity index (χ4n) is 4.54. The molecule has 1 amide bonds. The SMILES string of the molecule is C=CCC1(CC)CCC(c2ccc(Cl)cc2)N(C(CC)CC)C1=O.Clc1ccccc1. The quantitative estimate of drug-likeness (QED) is 0.379. The molecule has 1 aliphatic rings. The second-order valence-corrected chi connectivity index (χ2v) is 9.08. The number of rotatable bonds is 7. The summed E-state index contributed by atoms with van der Waals surface area (Å²) >= 11 is 11.6. The minimum absolute atomic E-state index is 0.157. The first kappa shape index (κ1) is 25.5. The molecule has 0 aliphatic carbocycles. The van der Waals surface area contributed by atoms with Crippen LogP contribution in [0.1, 0.15) is 70.9 Å². The van der Waals surface area contributed by atoms with E-state index in [0.717, 1.165) is 48.6 Å². The van der Waals surface area contributed by atoms with Crippen molar-refractivity contribution in [3.63, 3.8) is 0 Å². The van der Waals surface area contributed by atoms with E-state index in [1.165, 1.54) is 5.56 Å². The van der Waals surface area contributed by atoms with Gasteiger partial charge in [-0.25, -0.2) is 0 Å². The third kappa shape index (κ3) is 6.37. The monoisotopic (exact) mass is 459 g/mol. The number of carbonyl (C=O) groups excluding carboxylic acids is 1. The van der Waals surface area contributed by atoms with Crippen LogP contribution in [0.15, 0.2) is 67.3 Å². The zero-order chi connectivity index (χ0) is 22.9. The Hall–Kier alpha value is -1.77. The summed E-state index contributed by atoms with van der Waals surface area (Å²) in [7, 11) is 0. The number of halogens is 2. The molecule has 1 aliphatic heterocycles. The maximum Gasteiger partial charge on any atom is 0.229 e. The van der Waals surface area contributed by atoms with E-state index in [2.05, 4.69) is 44.4 Å². The van der Waals surface area contributed by atoms with Crippen molar-refractivity contribution in [3.05, 3.63) is 82.9 Å². The van der Waals surface area contributed by atoms with Crippen LogP contribution in [-0.2, 0) is 4.79 Å². The van der Waals surface area contributed by atoms with Crippen LogP contribution >= 0.6 is 23.2 Å². The molecule has 4 heteroatoms. The van der Waals surface area contributed by atoms with E-state index in [4.69, 9.17) is 23.2 Å². The molecule has 2 unspecified atom stereocenters. The van der Waals surface area contributed by atoms with Crippen LogP contribution in [0.5, 0.6) is 0 Å². The van der Waals surface area contributed by atoms with Gasteiger partial charge in [-0.1, -0.05) is 80.4 Å². The van der Waals surface area contributed by atoms with E-state index < -0.39 is 0 Å². The summed E-state index contributed by atoms with van der Waals surface area (Å²) < 4.78 is 0. The smallest absolute Gasteiger partial charge is 0.229 e. The topological polar surface area (TPSA) is 20.3 Å². The minimum Gasteiger partial charge on any atom is -0.332 e. The van der Waals surface area contributed by atoms with Crippen LogP contribution in [-0.4, -0.2) is 16.8 Å². The Bertz CT molecular complexity index is 817. The van der Waals surface area contributed by atoms with Crippen molar-refractivity contribution in [3.8, 4) is 0 Å². The Morgan fingerprint density at radius 1 is 1.03 bits per heavy atom. The summed E-state index contributed by atoms with van der Waals surface area (Å²) in [5, 5.41) is 1.53. The van der Waals surface area contributed by atoms with E-state index in [1.807, 2.05) is 48.5 Å². The first-order chi connectivity index (χ1) is 14.9. The van der Waals surface area contributed by atoms with Crippen LogP contribution in [0.4, 0.5) is 0 Å². The van der Waals surface area contributed by atoms with E-state index in [1.54, 1.807) is 0 Å². The molecule has 0 saturated carbocycles. The lowest BCUT2D eigenvalue weighted by Gasteiger charge is -2.49. The number of nitrogens with zero attached hydrogens (tertiary/aromatic N) is 1. The van der Waals surface area contributed by atoms with Gasteiger partial charge < -0.3 is 4.90 Å². The van der Waals surface area contributed by atoms with Crippen molar-refractivity contribution >= 4 is 29.1 Å². The van der Waals surface area contributed by atoms with Gasteiger partial charge in [-0.3, -0.25) is 4.79 Å². The molecule has 0 spiro atoms. The minimum atomic E-state index is -0.271. The van der Waals surface area contributed by atoms with Crippen LogP contribution in [0.3, 0.4) is 0 Å². The van der Waals surface area contributed by atoms with Gasteiger partial charge in [0, 0.05) is 16.1 Å². The number of allylic oxidation sites excluding steroid dienone is 1. The number of likely N-dealkylation sites (tertiary alicyclic amines) is 1. The molecule has 3 rings (SSSR count). The summed E-state index contributed by atoms with van der Waals surface area (Å²) in [5.74, 6) is 0.310. The predicted octanol–water partition coefficient (Wildman–Crippen LogP) is 8.50.